The van der Waals surface area contributed by atoms with Crippen LogP contribution in [0.3, 0.4) is 0 Å². The molecular formula is C14H21N. The van der Waals surface area contributed by atoms with Crippen LogP contribution in [0.1, 0.15) is 37.8 Å². The quantitative estimate of drug-likeness (QED) is 0.796. The fraction of sp³-hybridized carbons (Fsp3) is 0.571. The van der Waals surface area contributed by atoms with Gasteiger partial charge in [-0.25, -0.2) is 0 Å². The summed E-state index contributed by atoms with van der Waals surface area (Å²) in [5.41, 5.74) is 3.48. The molecule has 0 radical (unpaired) electrons. The lowest BCUT2D eigenvalue weighted by Crippen LogP contribution is -2.38. The van der Waals surface area contributed by atoms with Crippen molar-refractivity contribution in [1.29, 1.82) is 0 Å². The van der Waals surface area contributed by atoms with Gasteiger partial charge in [0.25, 0.3) is 0 Å². The number of aryl methyl sites for hydroxylation is 1. The molecule has 0 saturated carbocycles. The summed E-state index contributed by atoms with van der Waals surface area (Å²) >= 11 is 0. The van der Waals surface area contributed by atoms with E-state index < -0.39 is 0 Å². The number of benzene rings is 1. The van der Waals surface area contributed by atoms with Crippen molar-refractivity contribution in [2.75, 3.05) is 13.1 Å². The highest BCUT2D eigenvalue weighted by molar-refractivity contribution is 5.36. The number of fused-ring (bicyclic) bond motifs is 1. The van der Waals surface area contributed by atoms with E-state index in [0.717, 1.165) is 13.1 Å². The van der Waals surface area contributed by atoms with E-state index in [-0.39, 0.29) is 0 Å². The van der Waals surface area contributed by atoms with Crippen molar-refractivity contribution in [2.45, 2.75) is 38.5 Å². The zero-order valence-electron chi connectivity index (χ0n) is 9.84. The first kappa shape index (κ1) is 10.7. The molecule has 0 aromatic heterocycles. The Kier molecular flexibility index (Phi) is 3.11. The van der Waals surface area contributed by atoms with E-state index >= 15 is 0 Å². The molecule has 0 saturated heterocycles. The van der Waals surface area contributed by atoms with Crippen molar-refractivity contribution in [2.24, 2.45) is 0 Å². The lowest BCUT2D eigenvalue weighted by atomic mass is 9.71. The van der Waals surface area contributed by atoms with Gasteiger partial charge < -0.3 is 5.32 Å². The van der Waals surface area contributed by atoms with Crippen LogP contribution >= 0.6 is 0 Å². The van der Waals surface area contributed by atoms with Gasteiger partial charge in [-0.05, 0) is 36.9 Å². The number of hydrogen-bond donors (Lipinski definition) is 1. The summed E-state index contributed by atoms with van der Waals surface area (Å²) in [6.45, 7) is 6.75. The Morgan fingerprint density at radius 3 is 2.93 bits per heavy atom. The zero-order chi connectivity index (χ0) is 10.7. The van der Waals surface area contributed by atoms with Gasteiger partial charge >= 0.3 is 0 Å². The number of rotatable bonds is 3. The number of nitrogens with one attached hydrogen (secondary N) is 1. The highest BCUT2D eigenvalue weighted by atomic mass is 14.9. The highest BCUT2D eigenvalue weighted by Crippen LogP contribution is 2.36. The molecule has 0 heterocycles. The van der Waals surface area contributed by atoms with Gasteiger partial charge in [-0.3, -0.25) is 0 Å². The molecule has 0 amide bonds. The third kappa shape index (κ3) is 2.07. The molecule has 1 aromatic carbocycles. The summed E-state index contributed by atoms with van der Waals surface area (Å²) < 4.78 is 0. The van der Waals surface area contributed by atoms with Crippen molar-refractivity contribution in [3.63, 3.8) is 0 Å². The van der Waals surface area contributed by atoms with E-state index in [1.807, 2.05) is 0 Å². The summed E-state index contributed by atoms with van der Waals surface area (Å²) in [6.07, 6.45) is 3.91. The van der Waals surface area contributed by atoms with Gasteiger partial charge in [0.2, 0.25) is 0 Å². The molecule has 1 N–H and O–H groups in total. The summed E-state index contributed by atoms with van der Waals surface area (Å²) in [7, 11) is 0. The lowest BCUT2D eigenvalue weighted by molar-refractivity contribution is 0.373. The Bertz CT molecular complexity index is 332. The van der Waals surface area contributed by atoms with Crippen molar-refractivity contribution >= 4 is 0 Å². The van der Waals surface area contributed by atoms with E-state index in [2.05, 4.69) is 43.4 Å². The van der Waals surface area contributed by atoms with Crippen molar-refractivity contribution in [3.05, 3.63) is 35.4 Å². The highest BCUT2D eigenvalue weighted by Gasteiger charge is 2.30. The molecule has 1 aliphatic carbocycles. The van der Waals surface area contributed by atoms with Crippen LogP contribution < -0.4 is 5.32 Å². The van der Waals surface area contributed by atoms with Crippen molar-refractivity contribution in [3.8, 4) is 0 Å². The molecule has 1 heteroatoms. The second kappa shape index (κ2) is 4.36. The van der Waals surface area contributed by atoms with Gasteiger partial charge in [0.15, 0.2) is 0 Å². The average molecular weight is 203 g/mol. The van der Waals surface area contributed by atoms with Crippen molar-refractivity contribution in [1.82, 2.24) is 5.32 Å². The van der Waals surface area contributed by atoms with Crippen LogP contribution in [0.2, 0.25) is 0 Å². The minimum Gasteiger partial charge on any atom is -0.316 e. The monoisotopic (exact) mass is 203 g/mol. The molecule has 15 heavy (non-hydrogen) atoms. The van der Waals surface area contributed by atoms with E-state index in [1.165, 1.54) is 19.3 Å². The largest absolute Gasteiger partial charge is 0.316 e. The first-order chi connectivity index (χ1) is 7.26. The van der Waals surface area contributed by atoms with Gasteiger partial charge in [0, 0.05) is 12.0 Å². The Hall–Kier alpha value is -0.820. The SMILES string of the molecule is CCNCC1(C)CCCc2ccccc21. The fourth-order valence-corrected chi connectivity index (χ4v) is 2.72. The molecule has 1 unspecified atom stereocenters. The van der Waals surface area contributed by atoms with Crippen molar-refractivity contribution < 1.29 is 0 Å². The zero-order valence-corrected chi connectivity index (χ0v) is 9.84. The van der Waals surface area contributed by atoms with Crippen LogP contribution in [0.25, 0.3) is 0 Å². The summed E-state index contributed by atoms with van der Waals surface area (Å²) in [4.78, 5) is 0. The first-order valence-electron chi connectivity index (χ1n) is 6.05. The van der Waals surface area contributed by atoms with Crippen LogP contribution in [0.5, 0.6) is 0 Å². The van der Waals surface area contributed by atoms with Crippen LogP contribution in [-0.4, -0.2) is 13.1 Å². The predicted octanol–water partition coefficient (Wildman–Crippen LogP) is 2.89. The normalized spacial score (nSPS) is 24.9. The van der Waals surface area contributed by atoms with E-state index in [0.29, 0.717) is 5.41 Å². The van der Waals surface area contributed by atoms with Crippen LogP contribution in [0, 0.1) is 0 Å². The molecule has 0 fully saturated rings. The predicted molar refractivity (Wildman–Crippen MR) is 65.3 cm³/mol. The molecule has 2 rings (SSSR count). The van der Waals surface area contributed by atoms with Gasteiger partial charge in [-0.15, -0.1) is 0 Å². The molecule has 1 atom stereocenters. The maximum atomic E-state index is 3.50. The van der Waals surface area contributed by atoms with Crippen LogP contribution in [-0.2, 0) is 11.8 Å². The summed E-state index contributed by atoms with van der Waals surface area (Å²) in [5, 5.41) is 3.50. The van der Waals surface area contributed by atoms with E-state index in [4.69, 9.17) is 0 Å². The number of likely N-dealkylation sites (N-methyl/N-ethyl adjacent to an activating group) is 1. The molecule has 0 bridgehead atoms. The summed E-state index contributed by atoms with van der Waals surface area (Å²) in [6, 6.07) is 8.94. The first-order valence-corrected chi connectivity index (χ1v) is 6.05. The summed E-state index contributed by atoms with van der Waals surface area (Å²) in [5.74, 6) is 0. The van der Waals surface area contributed by atoms with Gasteiger partial charge in [0.1, 0.15) is 0 Å². The average Bonchev–Trinajstić information content (AvgIpc) is 2.27. The molecule has 0 spiro atoms. The molecule has 82 valence electrons. The smallest absolute Gasteiger partial charge is 0.00523 e. The Balaban J connectivity index is 2.27. The Labute approximate surface area is 92.9 Å². The molecule has 0 aliphatic heterocycles. The number of hydrogen-bond acceptors (Lipinski definition) is 1. The molecule has 1 nitrogen and oxygen atoms in total. The minimum absolute atomic E-state index is 0.352. The molecule has 1 aromatic rings. The fourth-order valence-electron chi connectivity index (χ4n) is 2.72. The van der Waals surface area contributed by atoms with E-state index in [1.54, 1.807) is 11.1 Å². The third-order valence-electron chi connectivity index (χ3n) is 3.61. The van der Waals surface area contributed by atoms with Crippen LogP contribution in [0.4, 0.5) is 0 Å². The standard InChI is InChI=1S/C14H21N/c1-3-15-11-14(2)10-6-8-12-7-4-5-9-13(12)14/h4-5,7,9,15H,3,6,8,10-11H2,1-2H3. The maximum absolute atomic E-state index is 3.50. The topological polar surface area (TPSA) is 12.0 Å². The molecule has 1 aliphatic rings. The molecular weight excluding hydrogens is 182 g/mol. The maximum Gasteiger partial charge on any atom is 0.00523 e. The van der Waals surface area contributed by atoms with Gasteiger partial charge in [-0.2, -0.15) is 0 Å². The lowest BCUT2D eigenvalue weighted by Gasteiger charge is -2.36. The second-order valence-electron chi connectivity index (χ2n) is 4.85. The van der Waals surface area contributed by atoms with Crippen LogP contribution in [0.15, 0.2) is 24.3 Å². The third-order valence-corrected chi connectivity index (χ3v) is 3.61. The Morgan fingerprint density at radius 1 is 1.33 bits per heavy atom. The minimum atomic E-state index is 0.352. The van der Waals surface area contributed by atoms with Gasteiger partial charge in [0.05, 0.1) is 0 Å². The second-order valence-corrected chi connectivity index (χ2v) is 4.85. The van der Waals surface area contributed by atoms with E-state index in [9.17, 15) is 0 Å². The van der Waals surface area contributed by atoms with Gasteiger partial charge in [-0.1, -0.05) is 38.1 Å². The Morgan fingerprint density at radius 2 is 2.13 bits per heavy atom.